The summed E-state index contributed by atoms with van der Waals surface area (Å²) >= 11 is 0. The smallest absolute Gasteiger partial charge is 0.410 e. The number of benzene rings is 1. The van der Waals surface area contributed by atoms with E-state index >= 15 is 0 Å². The molecule has 3 heterocycles. The van der Waals surface area contributed by atoms with Crippen LogP contribution >= 0.6 is 0 Å². The van der Waals surface area contributed by atoms with E-state index in [0.717, 1.165) is 37.9 Å². The van der Waals surface area contributed by atoms with E-state index in [1.165, 1.54) is 0 Å². The minimum absolute atomic E-state index is 0.200. The van der Waals surface area contributed by atoms with Crippen LogP contribution in [0.5, 0.6) is 5.75 Å². The second-order valence-electron chi connectivity index (χ2n) is 8.00. The van der Waals surface area contributed by atoms with E-state index in [9.17, 15) is 4.79 Å². The van der Waals surface area contributed by atoms with E-state index in [4.69, 9.17) is 15.2 Å². The van der Waals surface area contributed by atoms with E-state index in [-0.39, 0.29) is 12.1 Å². The maximum atomic E-state index is 12.3. The summed E-state index contributed by atoms with van der Waals surface area (Å²) in [6.45, 7) is 3.98. The van der Waals surface area contributed by atoms with Crippen LogP contribution in [0, 0.1) is 5.92 Å². The monoisotopic (exact) mass is 411 g/mol. The Hall–Kier alpha value is -2.87. The Labute approximate surface area is 177 Å². The summed E-state index contributed by atoms with van der Waals surface area (Å²) in [6.07, 6.45) is 5.96. The molecule has 1 aromatic carbocycles. The molecule has 2 aliphatic heterocycles. The highest BCUT2D eigenvalue weighted by atomic mass is 16.6. The molecule has 2 aliphatic rings. The fraction of sp³-hybridized carbons (Fsp3) is 0.500. The predicted octanol–water partition coefficient (Wildman–Crippen LogP) is 2.44. The van der Waals surface area contributed by atoms with Crippen molar-refractivity contribution >= 4 is 12.0 Å². The average Bonchev–Trinajstić information content (AvgIpc) is 3.24. The van der Waals surface area contributed by atoms with Crippen molar-refractivity contribution in [2.45, 2.75) is 31.9 Å². The summed E-state index contributed by atoms with van der Waals surface area (Å²) in [5.41, 5.74) is 6.94. The van der Waals surface area contributed by atoms with Gasteiger partial charge in [-0.1, -0.05) is 30.3 Å². The maximum absolute atomic E-state index is 12.3. The van der Waals surface area contributed by atoms with Gasteiger partial charge in [-0.3, -0.25) is 0 Å². The molecule has 160 valence electrons. The van der Waals surface area contributed by atoms with Gasteiger partial charge in [0.25, 0.3) is 0 Å². The zero-order chi connectivity index (χ0) is 20.8. The lowest BCUT2D eigenvalue weighted by Gasteiger charge is -2.31. The number of amides is 1. The van der Waals surface area contributed by atoms with Crippen LogP contribution in [-0.4, -0.2) is 59.8 Å². The molecule has 4 rings (SSSR count). The lowest BCUT2D eigenvalue weighted by Crippen LogP contribution is -2.40. The SMILES string of the molecule is NC1CCN(c2ncc(OCC3CCN(C(=O)OCc4ccccc4)CC3)cn2)C1. The Morgan fingerprint density at radius 1 is 1.07 bits per heavy atom. The van der Waals surface area contributed by atoms with Crippen LogP contribution in [0.1, 0.15) is 24.8 Å². The number of nitrogens with two attached hydrogens (primary N) is 1. The third-order valence-corrected chi connectivity index (χ3v) is 5.69. The van der Waals surface area contributed by atoms with Gasteiger partial charge in [0.1, 0.15) is 6.61 Å². The number of piperidine rings is 1. The molecule has 0 radical (unpaired) electrons. The molecule has 1 amide bonds. The molecule has 2 N–H and O–H groups in total. The predicted molar refractivity (Wildman–Crippen MR) is 113 cm³/mol. The van der Waals surface area contributed by atoms with Gasteiger partial charge in [0.05, 0.1) is 19.0 Å². The summed E-state index contributed by atoms with van der Waals surface area (Å²) in [5, 5.41) is 0. The van der Waals surface area contributed by atoms with Crippen LogP contribution < -0.4 is 15.4 Å². The zero-order valence-corrected chi connectivity index (χ0v) is 17.2. The number of hydrogen-bond donors (Lipinski definition) is 1. The van der Waals surface area contributed by atoms with Gasteiger partial charge in [0, 0.05) is 32.2 Å². The van der Waals surface area contributed by atoms with Crippen molar-refractivity contribution < 1.29 is 14.3 Å². The number of aromatic nitrogens is 2. The lowest BCUT2D eigenvalue weighted by molar-refractivity contribution is 0.0760. The molecular weight excluding hydrogens is 382 g/mol. The van der Waals surface area contributed by atoms with Crippen LogP contribution in [0.4, 0.5) is 10.7 Å². The Morgan fingerprint density at radius 3 is 2.47 bits per heavy atom. The Kier molecular flexibility index (Phi) is 6.63. The van der Waals surface area contributed by atoms with Crippen molar-refractivity contribution in [3.05, 3.63) is 48.3 Å². The highest BCUT2D eigenvalue weighted by Gasteiger charge is 2.25. The fourth-order valence-electron chi connectivity index (χ4n) is 3.82. The molecular formula is C22H29N5O3. The third-order valence-electron chi connectivity index (χ3n) is 5.69. The molecule has 1 unspecified atom stereocenters. The highest BCUT2D eigenvalue weighted by molar-refractivity contribution is 5.67. The summed E-state index contributed by atoms with van der Waals surface area (Å²) < 4.78 is 11.3. The van der Waals surface area contributed by atoms with Crippen molar-refractivity contribution in [1.82, 2.24) is 14.9 Å². The van der Waals surface area contributed by atoms with Crippen LogP contribution in [0.3, 0.4) is 0 Å². The quantitative estimate of drug-likeness (QED) is 0.780. The van der Waals surface area contributed by atoms with Gasteiger partial charge in [0.15, 0.2) is 5.75 Å². The number of nitrogens with zero attached hydrogens (tertiary/aromatic N) is 4. The summed E-state index contributed by atoms with van der Waals surface area (Å²) in [5.74, 6) is 1.78. The van der Waals surface area contributed by atoms with Crippen molar-refractivity contribution in [3.8, 4) is 5.75 Å². The van der Waals surface area contributed by atoms with Gasteiger partial charge in [-0.25, -0.2) is 14.8 Å². The van der Waals surface area contributed by atoms with Crippen LogP contribution in [-0.2, 0) is 11.3 Å². The molecule has 1 aromatic heterocycles. The molecule has 0 spiro atoms. The molecule has 2 saturated heterocycles. The van der Waals surface area contributed by atoms with Gasteiger partial charge in [-0.15, -0.1) is 0 Å². The summed E-state index contributed by atoms with van der Waals surface area (Å²) in [7, 11) is 0. The number of carbonyl (C=O) groups is 1. The van der Waals surface area contributed by atoms with Crippen LogP contribution in [0.15, 0.2) is 42.7 Å². The first-order valence-corrected chi connectivity index (χ1v) is 10.6. The zero-order valence-electron chi connectivity index (χ0n) is 17.2. The molecule has 30 heavy (non-hydrogen) atoms. The molecule has 8 nitrogen and oxygen atoms in total. The average molecular weight is 412 g/mol. The van der Waals surface area contributed by atoms with Gasteiger partial charge >= 0.3 is 6.09 Å². The first-order chi connectivity index (χ1) is 14.7. The topological polar surface area (TPSA) is 93.8 Å². The second-order valence-corrected chi connectivity index (χ2v) is 8.00. The number of anilines is 1. The molecule has 1 atom stereocenters. The molecule has 8 heteroatoms. The number of carbonyl (C=O) groups excluding carboxylic acids is 1. The fourth-order valence-corrected chi connectivity index (χ4v) is 3.82. The summed E-state index contributed by atoms with van der Waals surface area (Å²) in [4.78, 5) is 24.9. The van der Waals surface area contributed by atoms with E-state index in [0.29, 0.717) is 43.9 Å². The number of rotatable bonds is 6. The molecule has 2 aromatic rings. The molecule has 0 bridgehead atoms. The van der Waals surface area contributed by atoms with E-state index < -0.39 is 0 Å². The first-order valence-electron chi connectivity index (χ1n) is 10.6. The standard InChI is InChI=1S/C22H29N5O3/c23-19-8-11-27(14-19)21-24-12-20(13-25-21)29-15-18-6-9-26(10-7-18)22(28)30-16-17-4-2-1-3-5-17/h1-5,12-13,18-19H,6-11,14-16,23H2. The van der Waals surface area contributed by atoms with Gasteiger partial charge in [-0.2, -0.15) is 0 Å². The Bertz CT molecular complexity index is 809. The minimum atomic E-state index is -0.246. The van der Waals surface area contributed by atoms with E-state index in [1.807, 2.05) is 30.3 Å². The van der Waals surface area contributed by atoms with E-state index in [1.54, 1.807) is 17.3 Å². The van der Waals surface area contributed by atoms with Crippen LogP contribution in [0.25, 0.3) is 0 Å². The summed E-state index contributed by atoms with van der Waals surface area (Å²) in [6, 6.07) is 9.93. The number of likely N-dealkylation sites (tertiary alicyclic amines) is 1. The first kappa shape index (κ1) is 20.4. The Morgan fingerprint density at radius 2 is 1.80 bits per heavy atom. The highest BCUT2D eigenvalue weighted by Crippen LogP contribution is 2.21. The van der Waals surface area contributed by atoms with Gasteiger partial charge in [-0.05, 0) is 30.7 Å². The Balaban J connectivity index is 1.16. The van der Waals surface area contributed by atoms with Crippen molar-refractivity contribution in [3.63, 3.8) is 0 Å². The second kappa shape index (κ2) is 9.75. The lowest BCUT2D eigenvalue weighted by atomic mass is 9.98. The van der Waals surface area contributed by atoms with Crippen molar-refractivity contribution in [2.75, 3.05) is 37.7 Å². The third kappa shape index (κ3) is 5.38. The van der Waals surface area contributed by atoms with Gasteiger partial charge in [0.2, 0.25) is 5.95 Å². The number of ether oxygens (including phenoxy) is 2. The number of hydrogen-bond acceptors (Lipinski definition) is 7. The normalized spacial score (nSPS) is 19.7. The van der Waals surface area contributed by atoms with Crippen molar-refractivity contribution in [2.24, 2.45) is 11.7 Å². The minimum Gasteiger partial charge on any atom is -0.490 e. The molecule has 2 fully saturated rings. The van der Waals surface area contributed by atoms with Crippen LogP contribution in [0.2, 0.25) is 0 Å². The molecule has 0 aliphatic carbocycles. The largest absolute Gasteiger partial charge is 0.490 e. The molecule has 0 saturated carbocycles. The van der Waals surface area contributed by atoms with Crippen molar-refractivity contribution in [1.29, 1.82) is 0 Å². The van der Waals surface area contributed by atoms with E-state index in [2.05, 4.69) is 14.9 Å². The maximum Gasteiger partial charge on any atom is 0.410 e. The van der Waals surface area contributed by atoms with Gasteiger partial charge < -0.3 is 25.0 Å².